The summed E-state index contributed by atoms with van der Waals surface area (Å²) < 4.78 is 31.5. The van der Waals surface area contributed by atoms with Crippen molar-refractivity contribution >= 4 is 41.3 Å². The van der Waals surface area contributed by atoms with E-state index < -0.39 is 11.6 Å². The number of hydrogen-bond acceptors (Lipinski definition) is 3. The summed E-state index contributed by atoms with van der Waals surface area (Å²) in [7, 11) is 0. The lowest BCUT2D eigenvalue weighted by molar-refractivity contribution is 0.304. The second-order valence-corrected chi connectivity index (χ2v) is 5.66. The molecular weight excluding hydrogens is 447 g/mol. The van der Waals surface area contributed by atoms with E-state index in [9.17, 15) is 8.78 Å². The van der Waals surface area contributed by atoms with Crippen LogP contribution in [0.3, 0.4) is 0 Å². The van der Waals surface area contributed by atoms with Crippen LogP contribution in [0.1, 0.15) is 11.8 Å². The van der Waals surface area contributed by atoms with Gasteiger partial charge in [-0.05, 0) is 30.5 Å². The lowest BCUT2D eigenvalue weighted by atomic mass is 10.3. The molecule has 0 fully saturated rings. The average molecular weight is 467 g/mol. The van der Waals surface area contributed by atoms with Crippen molar-refractivity contribution in [2.75, 3.05) is 19.7 Å². The van der Waals surface area contributed by atoms with Crippen LogP contribution < -0.4 is 15.4 Å². The number of aliphatic imine (C=N–C) groups is 1. The number of halogens is 3. The number of nitrogens with zero attached hydrogens (tertiary/aromatic N) is 1. The molecule has 1 aromatic heterocycles. The number of guanidine groups is 1. The standard InChI is InChI=1S/C16H19F2N3OS.HI/c1-2-19-16(21-11-13-4-3-9-23-13)20-7-8-22-15-6-5-12(17)10-14(15)18;/h3-6,9-10H,2,7-8,11H2,1H3,(H2,19,20,21);1H. The molecule has 132 valence electrons. The molecule has 0 unspecified atom stereocenters. The summed E-state index contributed by atoms with van der Waals surface area (Å²) in [6.07, 6.45) is 0. The van der Waals surface area contributed by atoms with Gasteiger partial charge in [-0.1, -0.05) is 6.07 Å². The highest BCUT2D eigenvalue weighted by Gasteiger charge is 2.04. The molecule has 0 saturated carbocycles. The molecule has 2 aromatic rings. The Morgan fingerprint density at radius 1 is 1.25 bits per heavy atom. The first-order chi connectivity index (χ1) is 11.2. The predicted molar refractivity (Wildman–Crippen MR) is 104 cm³/mol. The summed E-state index contributed by atoms with van der Waals surface area (Å²) in [5.41, 5.74) is 0. The van der Waals surface area contributed by atoms with Gasteiger partial charge in [0.25, 0.3) is 0 Å². The van der Waals surface area contributed by atoms with Crippen LogP contribution in [0.4, 0.5) is 8.78 Å². The SMILES string of the molecule is CCNC(=NCc1cccs1)NCCOc1ccc(F)cc1F.I. The second-order valence-electron chi connectivity index (χ2n) is 4.62. The van der Waals surface area contributed by atoms with E-state index in [2.05, 4.69) is 15.6 Å². The highest BCUT2D eigenvalue weighted by Crippen LogP contribution is 2.17. The number of benzene rings is 1. The lowest BCUT2D eigenvalue weighted by Crippen LogP contribution is -2.39. The Morgan fingerprint density at radius 2 is 2.08 bits per heavy atom. The molecule has 4 nitrogen and oxygen atoms in total. The van der Waals surface area contributed by atoms with Gasteiger partial charge in [-0.2, -0.15) is 0 Å². The molecule has 0 spiro atoms. The summed E-state index contributed by atoms with van der Waals surface area (Å²) in [6.45, 7) is 4.01. The van der Waals surface area contributed by atoms with Crippen molar-refractivity contribution < 1.29 is 13.5 Å². The third kappa shape index (κ3) is 7.00. The van der Waals surface area contributed by atoms with Gasteiger partial charge in [0.1, 0.15) is 12.4 Å². The van der Waals surface area contributed by atoms with E-state index in [4.69, 9.17) is 4.74 Å². The summed E-state index contributed by atoms with van der Waals surface area (Å²) in [5.74, 6) is -0.621. The minimum Gasteiger partial charge on any atom is -0.489 e. The van der Waals surface area contributed by atoms with Gasteiger partial charge in [-0.25, -0.2) is 13.8 Å². The van der Waals surface area contributed by atoms with Crippen LogP contribution in [-0.4, -0.2) is 25.7 Å². The molecule has 0 radical (unpaired) electrons. The number of nitrogens with one attached hydrogen (secondary N) is 2. The van der Waals surface area contributed by atoms with Gasteiger partial charge >= 0.3 is 0 Å². The number of ether oxygens (including phenoxy) is 1. The summed E-state index contributed by atoms with van der Waals surface area (Å²) >= 11 is 1.65. The Balaban J connectivity index is 0.00000288. The summed E-state index contributed by atoms with van der Waals surface area (Å²) in [5, 5.41) is 8.24. The van der Waals surface area contributed by atoms with E-state index in [-0.39, 0.29) is 36.3 Å². The normalized spacial score (nSPS) is 10.9. The van der Waals surface area contributed by atoms with Crippen molar-refractivity contribution in [2.24, 2.45) is 4.99 Å². The molecule has 0 bridgehead atoms. The molecule has 1 heterocycles. The van der Waals surface area contributed by atoms with E-state index in [0.29, 0.717) is 19.0 Å². The third-order valence-electron chi connectivity index (χ3n) is 2.86. The van der Waals surface area contributed by atoms with Crippen LogP contribution in [0.25, 0.3) is 0 Å². The van der Waals surface area contributed by atoms with E-state index in [1.165, 1.54) is 17.0 Å². The molecule has 0 aliphatic heterocycles. The Kier molecular flexibility index (Phi) is 9.62. The Bertz CT molecular complexity index is 638. The second kappa shape index (κ2) is 11.2. The first-order valence-electron chi connectivity index (χ1n) is 7.31. The molecule has 2 rings (SSSR count). The Hall–Kier alpha value is -1.42. The van der Waals surface area contributed by atoms with E-state index in [1.54, 1.807) is 11.3 Å². The van der Waals surface area contributed by atoms with Gasteiger partial charge < -0.3 is 15.4 Å². The summed E-state index contributed by atoms with van der Waals surface area (Å²) in [6, 6.07) is 7.26. The van der Waals surface area contributed by atoms with Crippen molar-refractivity contribution in [1.82, 2.24) is 10.6 Å². The van der Waals surface area contributed by atoms with Gasteiger partial charge in [0, 0.05) is 17.5 Å². The molecule has 24 heavy (non-hydrogen) atoms. The van der Waals surface area contributed by atoms with E-state index in [0.717, 1.165) is 12.6 Å². The van der Waals surface area contributed by atoms with Gasteiger partial charge in [0.15, 0.2) is 17.5 Å². The zero-order chi connectivity index (χ0) is 16.5. The Labute approximate surface area is 161 Å². The van der Waals surface area contributed by atoms with Crippen molar-refractivity contribution in [3.05, 3.63) is 52.2 Å². The minimum atomic E-state index is -0.705. The van der Waals surface area contributed by atoms with Crippen LogP contribution in [0.2, 0.25) is 0 Å². The van der Waals surface area contributed by atoms with Gasteiger partial charge in [0.2, 0.25) is 0 Å². The van der Waals surface area contributed by atoms with Crippen LogP contribution in [-0.2, 0) is 6.54 Å². The zero-order valence-corrected chi connectivity index (χ0v) is 16.4. The monoisotopic (exact) mass is 467 g/mol. The van der Waals surface area contributed by atoms with Crippen LogP contribution in [0, 0.1) is 11.6 Å². The molecule has 1 aromatic carbocycles. The van der Waals surface area contributed by atoms with E-state index in [1.807, 2.05) is 24.4 Å². The number of hydrogen-bond donors (Lipinski definition) is 2. The first kappa shape index (κ1) is 20.6. The molecule has 0 atom stereocenters. The fourth-order valence-corrected chi connectivity index (χ4v) is 2.45. The number of thiophene rings is 1. The van der Waals surface area contributed by atoms with Crippen molar-refractivity contribution in [1.29, 1.82) is 0 Å². The maximum Gasteiger partial charge on any atom is 0.191 e. The first-order valence-corrected chi connectivity index (χ1v) is 8.19. The smallest absolute Gasteiger partial charge is 0.191 e. The summed E-state index contributed by atoms with van der Waals surface area (Å²) in [4.78, 5) is 5.63. The zero-order valence-electron chi connectivity index (χ0n) is 13.2. The largest absolute Gasteiger partial charge is 0.489 e. The topological polar surface area (TPSA) is 45.7 Å². The molecule has 8 heteroatoms. The van der Waals surface area contributed by atoms with Crippen LogP contribution >= 0.6 is 35.3 Å². The van der Waals surface area contributed by atoms with Gasteiger partial charge in [-0.3, -0.25) is 0 Å². The fraction of sp³-hybridized carbons (Fsp3) is 0.312. The molecule has 0 aliphatic carbocycles. The van der Waals surface area contributed by atoms with Crippen LogP contribution in [0.15, 0.2) is 40.7 Å². The quantitative estimate of drug-likeness (QED) is 0.282. The molecule has 2 N–H and O–H groups in total. The maximum absolute atomic E-state index is 13.4. The highest BCUT2D eigenvalue weighted by atomic mass is 127. The highest BCUT2D eigenvalue weighted by molar-refractivity contribution is 14.0. The maximum atomic E-state index is 13.4. The van der Waals surface area contributed by atoms with Crippen molar-refractivity contribution in [2.45, 2.75) is 13.5 Å². The van der Waals surface area contributed by atoms with Crippen LogP contribution in [0.5, 0.6) is 5.75 Å². The molecule has 0 saturated heterocycles. The van der Waals surface area contributed by atoms with Crippen molar-refractivity contribution in [3.8, 4) is 5.75 Å². The van der Waals surface area contributed by atoms with Crippen molar-refractivity contribution in [3.63, 3.8) is 0 Å². The third-order valence-corrected chi connectivity index (χ3v) is 3.72. The lowest BCUT2D eigenvalue weighted by Gasteiger charge is -2.12. The average Bonchev–Trinajstić information content (AvgIpc) is 3.04. The Morgan fingerprint density at radius 3 is 2.75 bits per heavy atom. The molecular formula is C16H20F2IN3OS. The van der Waals surface area contributed by atoms with E-state index >= 15 is 0 Å². The predicted octanol–water partition coefficient (Wildman–Crippen LogP) is 3.78. The fourth-order valence-electron chi connectivity index (χ4n) is 1.82. The van der Waals surface area contributed by atoms with Gasteiger partial charge in [0.05, 0.1) is 13.1 Å². The minimum absolute atomic E-state index is 0. The molecule has 0 amide bonds. The number of rotatable bonds is 7. The van der Waals surface area contributed by atoms with Gasteiger partial charge in [-0.15, -0.1) is 35.3 Å². The molecule has 0 aliphatic rings.